The molecule has 1 fully saturated rings. The van der Waals surface area contributed by atoms with Gasteiger partial charge in [-0.1, -0.05) is 0 Å². The zero-order chi connectivity index (χ0) is 16.0. The Morgan fingerprint density at radius 3 is 2.74 bits per heavy atom. The van der Waals surface area contributed by atoms with E-state index in [0.717, 1.165) is 24.1 Å². The summed E-state index contributed by atoms with van der Waals surface area (Å²) in [6, 6.07) is 7.84. The fourth-order valence-electron chi connectivity index (χ4n) is 3.57. The van der Waals surface area contributed by atoms with Crippen LogP contribution >= 0.6 is 0 Å². The first kappa shape index (κ1) is 14.3. The summed E-state index contributed by atoms with van der Waals surface area (Å²) in [6.07, 6.45) is 5.50. The van der Waals surface area contributed by atoms with E-state index in [1.165, 1.54) is 30.6 Å². The Kier molecular flexibility index (Phi) is 3.18. The third kappa shape index (κ3) is 2.14. The van der Waals surface area contributed by atoms with Crippen LogP contribution in [-0.2, 0) is 16.4 Å². The van der Waals surface area contributed by atoms with Gasteiger partial charge in [0.2, 0.25) is 10.0 Å². The van der Waals surface area contributed by atoms with E-state index < -0.39 is 10.0 Å². The van der Waals surface area contributed by atoms with Gasteiger partial charge in [0.05, 0.1) is 28.3 Å². The smallest absolute Gasteiger partial charge is 0.243 e. The van der Waals surface area contributed by atoms with Crippen molar-refractivity contribution in [2.24, 2.45) is 0 Å². The summed E-state index contributed by atoms with van der Waals surface area (Å²) in [7, 11) is -3.60. The number of fused-ring (bicyclic) bond motifs is 4. The number of hydrogen-bond donors (Lipinski definition) is 0. The summed E-state index contributed by atoms with van der Waals surface area (Å²) in [6.45, 7) is 0. The van der Waals surface area contributed by atoms with E-state index in [1.54, 1.807) is 10.5 Å². The third-order valence-electron chi connectivity index (χ3n) is 4.61. The van der Waals surface area contributed by atoms with Crippen molar-refractivity contribution in [1.82, 2.24) is 14.3 Å². The maximum atomic E-state index is 13.1. The summed E-state index contributed by atoms with van der Waals surface area (Å²) in [5.41, 5.74) is 2.32. The lowest BCUT2D eigenvalue weighted by Gasteiger charge is -2.34. The second-order valence-corrected chi connectivity index (χ2v) is 7.69. The van der Waals surface area contributed by atoms with Gasteiger partial charge >= 0.3 is 0 Å². The minimum atomic E-state index is -3.60. The van der Waals surface area contributed by atoms with Gasteiger partial charge in [-0.05, 0) is 37.1 Å². The van der Waals surface area contributed by atoms with Crippen molar-refractivity contribution in [2.75, 3.05) is 0 Å². The Balaban J connectivity index is 1.77. The summed E-state index contributed by atoms with van der Waals surface area (Å²) < 4.78 is 27.7. The van der Waals surface area contributed by atoms with Crippen LogP contribution in [0.3, 0.4) is 0 Å². The average molecular weight is 326 g/mol. The van der Waals surface area contributed by atoms with Crippen LogP contribution in [0.25, 0.3) is 0 Å². The quantitative estimate of drug-likeness (QED) is 0.840. The number of benzene rings is 1. The van der Waals surface area contributed by atoms with Crippen molar-refractivity contribution in [2.45, 2.75) is 36.2 Å². The molecule has 2 bridgehead atoms. The van der Waals surface area contributed by atoms with Gasteiger partial charge in [-0.2, -0.15) is 9.57 Å². The maximum absolute atomic E-state index is 13.1. The zero-order valence-electron chi connectivity index (χ0n) is 12.3. The zero-order valence-corrected chi connectivity index (χ0v) is 13.1. The summed E-state index contributed by atoms with van der Waals surface area (Å²) >= 11 is 0. The molecule has 116 valence electrons. The Morgan fingerprint density at radius 2 is 2.00 bits per heavy atom. The van der Waals surface area contributed by atoms with Crippen LogP contribution in [0.5, 0.6) is 0 Å². The van der Waals surface area contributed by atoms with Crippen molar-refractivity contribution in [3.05, 3.63) is 53.6 Å². The fourth-order valence-corrected chi connectivity index (χ4v) is 5.42. The summed E-state index contributed by atoms with van der Waals surface area (Å²) in [5.74, 6) is 0. The number of hydrogen-bond acceptors (Lipinski definition) is 5. The van der Waals surface area contributed by atoms with Crippen LogP contribution in [-0.4, -0.2) is 28.7 Å². The van der Waals surface area contributed by atoms with E-state index in [1.807, 2.05) is 6.07 Å². The second-order valence-electron chi connectivity index (χ2n) is 5.85. The maximum Gasteiger partial charge on any atom is 0.243 e. The molecule has 2 aromatic rings. The molecular weight excluding hydrogens is 312 g/mol. The van der Waals surface area contributed by atoms with Crippen LogP contribution in [0.1, 0.15) is 35.7 Å². The first-order valence-electron chi connectivity index (χ1n) is 7.44. The molecule has 1 aromatic heterocycles. The largest absolute Gasteiger partial charge is 0.244 e. The molecule has 3 heterocycles. The Bertz CT molecular complexity index is 902. The fraction of sp³-hybridized carbons (Fsp3) is 0.312. The summed E-state index contributed by atoms with van der Waals surface area (Å²) in [4.78, 5) is 8.59. The van der Waals surface area contributed by atoms with E-state index in [0.29, 0.717) is 12.0 Å². The lowest BCUT2D eigenvalue weighted by Crippen LogP contribution is -2.42. The Morgan fingerprint density at radius 1 is 1.22 bits per heavy atom. The molecule has 0 amide bonds. The van der Waals surface area contributed by atoms with Gasteiger partial charge in [-0.3, -0.25) is 0 Å². The third-order valence-corrected chi connectivity index (χ3v) is 6.59. The second kappa shape index (κ2) is 5.11. The molecule has 4 rings (SSSR count). The molecule has 1 aromatic carbocycles. The molecule has 2 atom stereocenters. The molecular formula is C16H14N4O2S. The minimum absolute atomic E-state index is 0.0527. The molecule has 0 N–H and O–H groups in total. The molecule has 2 aliphatic heterocycles. The van der Waals surface area contributed by atoms with E-state index in [2.05, 4.69) is 9.97 Å². The SMILES string of the molecule is N#Cc1ccc(S(=O)(=O)N2[C@H]3CC[C@H]2c2cncnc2C3)cc1. The van der Waals surface area contributed by atoms with Crippen LogP contribution in [0.4, 0.5) is 0 Å². The normalized spacial score (nSPS) is 23.3. The van der Waals surface area contributed by atoms with Crippen LogP contribution < -0.4 is 0 Å². The van der Waals surface area contributed by atoms with E-state index in [9.17, 15) is 8.42 Å². The van der Waals surface area contributed by atoms with Crippen molar-refractivity contribution in [3.63, 3.8) is 0 Å². The molecule has 1 saturated heterocycles. The van der Waals surface area contributed by atoms with Crippen LogP contribution in [0.2, 0.25) is 0 Å². The van der Waals surface area contributed by atoms with Gasteiger partial charge < -0.3 is 0 Å². The Labute approximate surface area is 134 Å². The average Bonchev–Trinajstić information content (AvgIpc) is 2.91. The van der Waals surface area contributed by atoms with Crippen molar-refractivity contribution < 1.29 is 8.42 Å². The number of nitriles is 1. The highest BCUT2D eigenvalue weighted by molar-refractivity contribution is 7.89. The van der Waals surface area contributed by atoms with Crippen LogP contribution in [0, 0.1) is 11.3 Å². The molecule has 0 saturated carbocycles. The van der Waals surface area contributed by atoms with Crippen molar-refractivity contribution in [3.8, 4) is 6.07 Å². The van der Waals surface area contributed by atoms with Gasteiger partial charge in [0, 0.05) is 24.2 Å². The topological polar surface area (TPSA) is 87.0 Å². The molecule has 7 heteroatoms. The standard InChI is InChI=1S/C16H14N4O2S/c17-8-11-1-4-13(5-2-11)23(21,22)20-12-3-6-16(20)14-9-18-10-19-15(14)7-12/h1-2,4-5,9-10,12,16H,3,6-7H2/t12-,16-/m0/s1. The summed E-state index contributed by atoms with van der Waals surface area (Å²) in [5, 5.41) is 8.86. The first-order chi connectivity index (χ1) is 11.1. The lowest BCUT2D eigenvalue weighted by atomic mass is 10.0. The van der Waals surface area contributed by atoms with E-state index in [-0.39, 0.29) is 17.0 Å². The predicted molar refractivity (Wildman–Crippen MR) is 81.7 cm³/mol. The number of aromatic nitrogens is 2. The number of rotatable bonds is 2. The van der Waals surface area contributed by atoms with Gasteiger partial charge in [-0.25, -0.2) is 18.4 Å². The molecule has 0 aliphatic carbocycles. The van der Waals surface area contributed by atoms with Gasteiger partial charge in [0.25, 0.3) is 0 Å². The lowest BCUT2D eigenvalue weighted by molar-refractivity contribution is 0.300. The number of nitrogens with zero attached hydrogens (tertiary/aromatic N) is 4. The highest BCUT2D eigenvalue weighted by Gasteiger charge is 2.47. The first-order valence-corrected chi connectivity index (χ1v) is 8.88. The van der Waals surface area contributed by atoms with Gasteiger partial charge in [0.1, 0.15) is 6.33 Å². The van der Waals surface area contributed by atoms with Crippen molar-refractivity contribution in [1.29, 1.82) is 5.26 Å². The molecule has 23 heavy (non-hydrogen) atoms. The highest BCUT2D eigenvalue weighted by atomic mass is 32.2. The monoisotopic (exact) mass is 326 g/mol. The molecule has 0 radical (unpaired) electrons. The van der Waals surface area contributed by atoms with E-state index >= 15 is 0 Å². The van der Waals surface area contributed by atoms with Crippen LogP contribution in [0.15, 0.2) is 41.7 Å². The van der Waals surface area contributed by atoms with Crippen molar-refractivity contribution >= 4 is 10.0 Å². The highest BCUT2D eigenvalue weighted by Crippen LogP contribution is 2.45. The molecule has 0 spiro atoms. The minimum Gasteiger partial charge on any atom is -0.244 e. The van der Waals surface area contributed by atoms with Gasteiger partial charge in [0.15, 0.2) is 0 Å². The molecule has 2 aliphatic rings. The predicted octanol–water partition coefficient (Wildman–Crippen LogP) is 1.80. The van der Waals surface area contributed by atoms with E-state index in [4.69, 9.17) is 5.26 Å². The molecule has 6 nitrogen and oxygen atoms in total. The molecule has 0 unspecified atom stereocenters. The number of sulfonamides is 1. The Hall–Kier alpha value is -2.30. The van der Waals surface area contributed by atoms with Gasteiger partial charge in [-0.15, -0.1) is 0 Å².